The van der Waals surface area contributed by atoms with Crippen LogP contribution in [-0.4, -0.2) is 6.71 Å². The van der Waals surface area contributed by atoms with Crippen LogP contribution >= 0.6 is 34.0 Å². The van der Waals surface area contributed by atoms with E-state index in [-0.39, 0.29) is 17.5 Å². The van der Waals surface area contributed by atoms with Crippen LogP contribution in [0.25, 0.3) is 51.1 Å². The smallest absolute Gasteiger partial charge is 0.264 e. The first kappa shape index (κ1) is 41.5. The normalized spacial score (nSPS) is 13.5. The highest BCUT2D eigenvalue weighted by Gasteiger charge is 2.46. The third kappa shape index (κ3) is 6.39. The molecule has 0 aliphatic carbocycles. The van der Waals surface area contributed by atoms with E-state index >= 15 is 0 Å². The van der Waals surface area contributed by atoms with Crippen molar-refractivity contribution in [1.29, 1.82) is 0 Å². The van der Waals surface area contributed by atoms with E-state index in [1.807, 2.05) is 34.0 Å². The Hall–Kier alpha value is -5.92. The molecule has 12 rings (SSSR count). The van der Waals surface area contributed by atoms with Gasteiger partial charge in [0.25, 0.3) is 6.71 Å². The summed E-state index contributed by atoms with van der Waals surface area (Å²) in [6, 6.07) is 53.8. The summed E-state index contributed by atoms with van der Waals surface area (Å²) in [7, 11) is 0. The lowest BCUT2D eigenvalue weighted by atomic mass is 9.36. The molecule has 2 aliphatic heterocycles. The predicted octanol–water partition coefficient (Wildman–Crippen LogP) is 16.6. The molecule has 0 radical (unpaired) electrons. The summed E-state index contributed by atoms with van der Waals surface area (Å²) >= 11 is 5.76. The van der Waals surface area contributed by atoms with E-state index in [9.17, 15) is 0 Å². The number of thiophene rings is 3. The van der Waals surface area contributed by atoms with Gasteiger partial charge in [-0.2, -0.15) is 0 Å². The molecule has 0 N–H and O–H groups in total. The molecule has 0 saturated carbocycles. The number of aryl methyl sites for hydroxylation is 4. The van der Waals surface area contributed by atoms with Crippen molar-refractivity contribution in [2.24, 2.45) is 0 Å². The second-order valence-corrected chi connectivity index (χ2v) is 24.1. The van der Waals surface area contributed by atoms with E-state index in [4.69, 9.17) is 0 Å². The van der Waals surface area contributed by atoms with Gasteiger partial charge in [-0.05, 0) is 171 Å². The molecule has 0 spiro atoms. The Morgan fingerprint density at radius 1 is 0.424 bits per heavy atom. The van der Waals surface area contributed by atoms with Crippen molar-refractivity contribution in [1.82, 2.24) is 0 Å². The molecule has 0 saturated heterocycles. The summed E-state index contributed by atoms with van der Waals surface area (Å²) in [5.74, 6) is 0. The summed E-state index contributed by atoms with van der Waals surface area (Å²) in [5.41, 5.74) is 20.8. The van der Waals surface area contributed by atoms with E-state index in [1.165, 1.54) is 134 Å². The minimum Gasteiger partial charge on any atom is -0.311 e. The minimum absolute atomic E-state index is 0.00447. The number of hydrogen-bond acceptors (Lipinski definition) is 5. The van der Waals surface area contributed by atoms with Gasteiger partial charge in [0.15, 0.2) is 0 Å². The molecule has 0 amide bonds. The van der Waals surface area contributed by atoms with Gasteiger partial charge in [-0.25, -0.2) is 0 Å². The Morgan fingerprint density at radius 3 is 1.59 bits per heavy atom. The number of benzene rings is 7. The maximum Gasteiger partial charge on any atom is 0.264 e. The van der Waals surface area contributed by atoms with Gasteiger partial charge in [-0.1, -0.05) is 114 Å². The second kappa shape index (κ2) is 14.8. The molecular weight excluding hydrogens is 856 g/mol. The van der Waals surface area contributed by atoms with Gasteiger partial charge in [-0.15, -0.1) is 34.0 Å². The highest BCUT2D eigenvalue weighted by atomic mass is 32.1. The fourth-order valence-electron chi connectivity index (χ4n) is 10.9. The lowest BCUT2D eigenvalue weighted by molar-refractivity contribution is 0.589. The molecule has 3 aromatic heterocycles. The largest absolute Gasteiger partial charge is 0.311 e. The second-order valence-electron chi connectivity index (χ2n) is 20.8. The summed E-state index contributed by atoms with van der Waals surface area (Å²) < 4.78 is 5.39. The average Bonchev–Trinajstić information content (AvgIpc) is 4.02. The number of hydrogen-bond donors (Lipinski definition) is 0. The van der Waals surface area contributed by atoms with Crippen LogP contribution in [-0.2, 0) is 10.8 Å². The molecule has 2 aliphatic rings. The van der Waals surface area contributed by atoms with Gasteiger partial charge in [-0.3, -0.25) is 0 Å². The standard InChI is InChI=1S/C60H53BN2S3/c1-34-26-41(53-32-39-17-12-14-21-50(39)65-53)27-35(2)56(34)63-47-19-15-18-46-54(47)61(58-57(63)44-33-42(59(5,6)7)23-25-51(44)66-58)45-24-22-40(52-31-38-16-11-13-20-49(38)64-52)30-48(45)62(46)55-36(3)28-43(29-37(55)4)60(8,9)10/h11-33H,1-10H3. The van der Waals surface area contributed by atoms with Crippen molar-refractivity contribution < 1.29 is 0 Å². The van der Waals surface area contributed by atoms with Gasteiger partial charge in [0.05, 0.1) is 17.1 Å². The molecular formula is C60H53BN2S3. The highest BCUT2D eigenvalue weighted by molar-refractivity contribution is 7.33. The van der Waals surface area contributed by atoms with E-state index in [0.29, 0.717) is 0 Å². The van der Waals surface area contributed by atoms with Crippen molar-refractivity contribution >= 4 is 121 Å². The molecule has 0 atom stereocenters. The molecule has 7 aromatic carbocycles. The van der Waals surface area contributed by atoms with Crippen molar-refractivity contribution in [3.63, 3.8) is 0 Å². The minimum atomic E-state index is 0.00447. The third-order valence-corrected chi connectivity index (χ3v) is 17.7. The Labute approximate surface area is 401 Å². The SMILES string of the molecule is Cc1cc(C(C)(C)C)cc(C)c1N1c2cc(-c3cc4ccccc4s3)ccc2B2c3sc4ccc(C(C)(C)C)cc4c3N(c3c(C)cc(-c4cc5ccccc5s4)cc3C)c3cccc1c32. The molecule has 6 heteroatoms. The summed E-state index contributed by atoms with van der Waals surface area (Å²) in [6.07, 6.45) is 0. The lowest BCUT2D eigenvalue weighted by Gasteiger charge is -2.44. The molecule has 0 bridgehead atoms. The first-order valence-electron chi connectivity index (χ1n) is 23.3. The van der Waals surface area contributed by atoms with E-state index < -0.39 is 0 Å². The maximum absolute atomic E-state index is 2.67. The van der Waals surface area contributed by atoms with Gasteiger partial charge in [0.1, 0.15) is 0 Å². The van der Waals surface area contributed by atoms with Crippen molar-refractivity contribution in [3.05, 3.63) is 173 Å². The van der Waals surface area contributed by atoms with Gasteiger partial charge < -0.3 is 9.80 Å². The van der Waals surface area contributed by atoms with E-state index in [1.54, 1.807) is 0 Å². The molecule has 324 valence electrons. The number of fused-ring (bicyclic) bond motifs is 8. The molecule has 2 nitrogen and oxygen atoms in total. The van der Waals surface area contributed by atoms with Crippen LogP contribution in [0.3, 0.4) is 0 Å². The maximum atomic E-state index is 2.67. The number of rotatable bonds is 4. The fraction of sp³-hybridized carbons (Fsp3) is 0.200. The zero-order valence-corrected chi connectivity index (χ0v) is 41.9. The third-order valence-electron chi connectivity index (χ3n) is 14.2. The summed E-state index contributed by atoms with van der Waals surface area (Å²) in [4.78, 5) is 7.92. The molecule has 0 unspecified atom stereocenters. The first-order chi connectivity index (χ1) is 31.6. The van der Waals surface area contributed by atoms with Crippen LogP contribution in [0.1, 0.15) is 74.9 Å². The first-order valence-corrected chi connectivity index (χ1v) is 25.7. The number of anilines is 6. The molecule has 5 heterocycles. The van der Waals surface area contributed by atoms with Crippen molar-refractivity contribution in [3.8, 4) is 20.9 Å². The van der Waals surface area contributed by atoms with E-state index in [2.05, 4.69) is 219 Å². The Balaban J connectivity index is 1.15. The van der Waals surface area contributed by atoms with Gasteiger partial charge in [0, 0.05) is 51.1 Å². The Morgan fingerprint density at radius 2 is 0.985 bits per heavy atom. The quantitative estimate of drug-likeness (QED) is 0.162. The predicted molar refractivity (Wildman–Crippen MR) is 294 cm³/mol. The molecule has 10 aromatic rings. The van der Waals surface area contributed by atoms with Crippen molar-refractivity contribution in [2.45, 2.75) is 80.1 Å². The Bertz CT molecular complexity index is 3530. The fourth-order valence-corrected chi connectivity index (χ4v) is 14.4. The molecule has 66 heavy (non-hydrogen) atoms. The van der Waals surface area contributed by atoms with E-state index in [0.717, 1.165) is 0 Å². The summed E-state index contributed by atoms with van der Waals surface area (Å²) in [5, 5.41) is 3.94. The zero-order valence-electron chi connectivity index (χ0n) is 39.5. The van der Waals surface area contributed by atoms with Crippen molar-refractivity contribution in [2.75, 3.05) is 9.80 Å². The topological polar surface area (TPSA) is 6.48 Å². The Kier molecular flexibility index (Phi) is 9.30. The van der Waals surface area contributed by atoms with Crippen LogP contribution in [0.5, 0.6) is 0 Å². The lowest BCUT2D eigenvalue weighted by Crippen LogP contribution is -2.60. The van der Waals surface area contributed by atoms with Gasteiger partial charge in [0.2, 0.25) is 0 Å². The van der Waals surface area contributed by atoms with Crippen LogP contribution in [0.2, 0.25) is 0 Å². The van der Waals surface area contributed by atoms with Gasteiger partial charge >= 0.3 is 0 Å². The summed E-state index contributed by atoms with van der Waals surface area (Å²) in [6.45, 7) is 23.3. The van der Waals surface area contributed by atoms with Crippen LogP contribution in [0.4, 0.5) is 34.1 Å². The van der Waals surface area contributed by atoms with Crippen LogP contribution in [0.15, 0.2) is 140 Å². The number of nitrogens with zero attached hydrogens (tertiary/aromatic N) is 2. The zero-order chi connectivity index (χ0) is 45.6. The van der Waals surface area contributed by atoms with Crippen LogP contribution < -0.4 is 25.5 Å². The molecule has 0 fully saturated rings. The average molecular weight is 909 g/mol. The van der Waals surface area contributed by atoms with Crippen LogP contribution in [0, 0.1) is 27.7 Å². The highest BCUT2D eigenvalue weighted by Crippen LogP contribution is 2.52. The monoisotopic (exact) mass is 908 g/mol.